The summed E-state index contributed by atoms with van der Waals surface area (Å²) < 4.78 is 44.3. The van der Waals surface area contributed by atoms with Crippen LogP contribution in [0, 0.1) is 17.5 Å². The number of nitrogens with zero attached hydrogens (tertiary/aromatic N) is 1. The molecule has 138 valence electrons. The number of anilines is 1. The maximum atomic E-state index is 13.5. The van der Waals surface area contributed by atoms with Gasteiger partial charge in [0.05, 0.1) is 5.69 Å². The van der Waals surface area contributed by atoms with Crippen LogP contribution in [-0.4, -0.2) is 23.5 Å². The summed E-state index contributed by atoms with van der Waals surface area (Å²) in [7, 11) is 0. The Kier molecular flexibility index (Phi) is 5.51. The van der Waals surface area contributed by atoms with Gasteiger partial charge >= 0.3 is 5.97 Å². The monoisotopic (exact) mass is 392 g/mol. The summed E-state index contributed by atoms with van der Waals surface area (Å²) in [6.07, 6.45) is 0. The lowest BCUT2D eigenvalue weighted by molar-refractivity contribution is -0.119. The van der Waals surface area contributed by atoms with E-state index < -0.39 is 41.6 Å². The van der Waals surface area contributed by atoms with Gasteiger partial charge in [0.2, 0.25) is 0 Å². The molecule has 0 unspecified atom stereocenters. The molecule has 1 heterocycles. The summed E-state index contributed by atoms with van der Waals surface area (Å²) >= 11 is 1.23. The summed E-state index contributed by atoms with van der Waals surface area (Å²) in [5.41, 5.74) is 0.286. The fourth-order valence-electron chi connectivity index (χ4n) is 2.09. The zero-order valence-electron chi connectivity index (χ0n) is 13.5. The van der Waals surface area contributed by atoms with E-state index >= 15 is 0 Å². The number of thiazole rings is 1. The first kappa shape index (κ1) is 18.6. The zero-order valence-corrected chi connectivity index (χ0v) is 14.4. The number of hydrogen-bond acceptors (Lipinski definition) is 5. The van der Waals surface area contributed by atoms with E-state index in [-0.39, 0.29) is 5.69 Å². The second-order valence-corrected chi connectivity index (χ2v) is 6.11. The number of carbonyl (C=O) groups excluding carboxylic acids is 2. The average Bonchev–Trinajstić information content (AvgIpc) is 3.18. The highest BCUT2D eigenvalue weighted by Crippen LogP contribution is 2.23. The molecule has 5 nitrogen and oxygen atoms in total. The molecule has 0 atom stereocenters. The van der Waals surface area contributed by atoms with Gasteiger partial charge < -0.3 is 10.1 Å². The summed E-state index contributed by atoms with van der Waals surface area (Å²) in [6, 6.07) is 10.7. The van der Waals surface area contributed by atoms with Crippen LogP contribution in [0.3, 0.4) is 0 Å². The number of carbonyl (C=O) groups is 2. The number of ether oxygens (including phenoxy) is 1. The highest BCUT2D eigenvalue weighted by atomic mass is 32.1. The quantitative estimate of drug-likeness (QED) is 0.526. The van der Waals surface area contributed by atoms with Crippen LogP contribution >= 0.6 is 11.3 Å². The Hall–Kier alpha value is -3.20. The minimum Gasteiger partial charge on any atom is -0.451 e. The first-order valence-corrected chi connectivity index (χ1v) is 8.45. The van der Waals surface area contributed by atoms with Crippen LogP contribution < -0.4 is 5.32 Å². The van der Waals surface area contributed by atoms with Crippen LogP contribution in [0.5, 0.6) is 0 Å². The van der Waals surface area contributed by atoms with E-state index in [1.807, 2.05) is 35.6 Å². The fraction of sp³-hybridized carbons (Fsp3) is 0.0556. The first-order valence-electron chi connectivity index (χ1n) is 7.57. The van der Waals surface area contributed by atoms with E-state index in [2.05, 4.69) is 4.98 Å². The number of halogens is 3. The molecule has 3 rings (SSSR count). The molecule has 2 aromatic carbocycles. The molecular weight excluding hydrogens is 381 g/mol. The van der Waals surface area contributed by atoms with Crippen LogP contribution in [0.2, 0.25) is 0 Å². The van der Waals surface area contributed by atoms with Crippen molar-refractivity contribution in [1.29, 1.82) is 0 Å². The number of amides is 1. The number of rotatable bonds is 5. The Morgan fingerprint density at radius 3 is 2.52 bits per heavy atom. The molecule has 0 fully saturated rings. The molecule has 1 N–H and O–H groups in total. The summed E-state index contributed by atoms with van der Waals surface area (Å²) in [5.74, 6) is -6.38. The van der Waals surface area contributed by atoms with E-state index in [0.717, 1.165) is 11.6 Å². The van der Waals surface area contributed by atoms with Gasteiger partial charge in [0, 0.05) is 10.9 Å². The Balaban J connectivity index is 1.59. The number of hydrogen-bond donors (Lipinski definition) is 1. The smallest absolute Gasteiger partial charge is 0.358 e. The van der Waals surface area contributed by atoms with Crippen molar-refractivity contribution >= 4 is 28.9 Å². The topological polar surface area (TPSA) is 68.3 Å². The van der Waals surface area contributed by atoms with Crippen LogP contribution in [0.4, 0.5) is 18.9 Å². The van der Waals surface area contributed by atoms with Gasteiger partial charge in [-0.25, -0.2) is 22.9 Å². The Labute approximate surface area is 155 Å². The normalized spacial score (nSPS) is 10.5. The molecule has 0 bridgehead atoms. The van der Waals surface area contributed by atoms with E-state index in [4.69, 9.17) is 4.74 Å². The lowest BCUT2D eigenvalue weighted by Gasteiger charge is -2.07. The van der Waals surface area contributed by atoms with E-state index in [1.165, 1.54) is 16.7 Å². The average molecular weight is 392 g/mol. The van der Waals surface area contributed by atoms with Gasteiger partial charge in [0.15, 0.2) is 29.8 Å². The lowest BCUT2D eigenvalue weighted by Crippen LogP contribution is -2.22. The molecule has 27 heavy (non-hydrogen) atoms. The van der Waals surface area contributed by atoms with E-state index in [0.29, 0.717) is 11.1 Å². The molecule has 0 radical (unpaired) electrons. The van der Waals surface area contributed by atoms with E-state index in [1.54, 1.807) is 0 Å². The van der Waals surface area contributed by atoms with Crippen LogP contribution in [0.25, 0.3) is 10.6 Å². The van der Waals surface area contributed by atoms with Crippen molar-refractivity contribution < 1.29 is 27.5 Å². The van der Waals surface area contributed by atoms with Crippen LogP contribution in [0.1, 0.15) is 10.5 Å². The summed E-state index contributed by atoms with van der Waals surface area (Å²) in [4.78, 5) is 27.8. The minimum atomic E-state index is -1.71. The predicted molar refractivity (Wildman–Crippen MR) is 92.8 cm³/mol. The minimum absolute atomic E-state index is 0.0191. The third-order valence-corrected chi connectivity index (χ3v) is 4.27. The Morgan fingerprint density at radius 2 is 1.78 bits per heavy atom. The zero-order chi connectivity index (χ0) is 19.4. The second kappa shape index (κ2) is 8.00. The Bertz CT molecular complexity index is 993. The number of esters is 1. The van der Waals surface area contributed by atoms with Gasteiger partial charge in [0.1, 0.15) is 5.01 Å². The molecule has 1 aromatic heterocycles. The number of benzene rings is 2. The number of nitrogens with one attached hydrogen (secondary N) is 1. The highest BCUT2D eigenvalue weighted by molar-refractivity contribution is 7.13. The molecule has 3 aromatic rings. The molecule has 9 heteroatoms. The fourth-order valence-corrected chi connectivity index (χ4v) is 2.89. The largest absolute Gasteiger partial charge is 0.451 e. The second-order valence-electron chi connectivity index (χ2n) is 5.25. The Morgan fingerprint density at radius 1 is 1.04 bits per heavy atom. The maximum Gasteiger partial charge on any atom is 0.358 e. The van der Waals surface area contributed by atoms with Crippen molar-refractivity contribution in [1.82, 2.24) is 4.98 Å². The predicted octanol–water partition coefficient (Wildman–Crippen LogP) is 4.02. The lowest BCUT2D eigenvalue weighted by atomic mass is 10.2. The van der Waals surface area contributed by atoms with Crippen molar-refractivity contribution in [3.05, 3.63) is 71.0 Å². The molecule has 0 saturated heterocycles. The van der Waals surface area contributed by atoms with Crippen LogP contribution in [0.15, 0.2) is 47.8 Å². The third kappa shape index (κ3) is 4.32. The van der Waals surface area contributed by atoms with Crippen molar-refractivity contribution in [3.8, 4) is 10.6 Å². The van der Waals surface area contributed by atoms with E-state index in [9.17, 15) is 22.8 Å². The van der Waals surface area contributed by atoms with Crippen molar-refractivity contribution in [2.75, 3.05) is 11.9 Å². The molecular formula is C18H11F3N2O3S. The number of aromatic nitrogens is 1. The molecule has 0 aliphatic carbocycles. The maximum absolute atomic E-state index is 13.5. The van der Waals surface area contributed by atoms with Gasteiger partial charge in [-0.2, -0.15) is 0 Å². The highest BCUT2D eigenvalue weighted by Gasteiger charge is 2.18. The van der Waals surface area contributed by atoms with Gasteiger partial charge in [-0.15, -0.1) is 11.3 Å². The van der Waals surface area contributed by atoms with Crippen LogP contribution in [-0.2, 0) is 9.53 Å². The van der Waals surface area contributed by atoms with Crippen molar-refractivity contribution in [3.63, 3.8) is 0 Å². The summed E-state index contributed by atoms with van der Waals surface area (Å²) in [5, 5.41) is 4.09. The molecule has 1 amide bonds. The van der Waals surface area contributed by atoms with Crippen molar-refractivity contribution in [2.24, 2.45) is 0 Å². The molecule has 0 spiro atoms. The standard InChI is InChI=1S/C18H11F3N2O3S/c19-11-6-7-12(16(21)15(11)20)22-14(24)8-26-18(25)13-9-27-17(23-13)10-4-2-1-3-5-10/h1-7,9H,8H2,(H,22,24). The first-order chi connectivity index (χ1) is 13.0. The van der Waals surface area contributed by atoms with Crippen molar-refractivity contribution in [2.45, 2.75) is 0 Å². The SMILES string of the molecule is O=C(COC(=O)c1csc(-c2ccccc2)n1)Nc1ccc(F)c(F)c1F. The molecule has 0 saturated carbocycles. The molecule has 0 aliphatic heterocycles. The van der Waals surface area contributed by atoms with Gasteiger partial charge in [-0.3, -0.25) is 4.79 Å². The van der Waals surface area contributed by atoms with Gasteiger partial charge in [-0.1, -0.05) is 30.3 Å². The molecule has 0 aliphatic rings. The summed E-state index contributed by atoms with van der Waals surface area (Å²) in [6.45, 7) is -0.741. The van der Waals surface area contributed by atoms with Gasteiger partial charge in [0.25, 0.3) is 5.91 Å². The third-order valence-electron chi connectivity index (χ3n) is 3.38. The van der Waals surface area contributed by atoms with Gasteiger partial charge in [-0.05, 0) is 12.1 Å².